The fourth-order valence-electron chi connectivity index (χ4n) is 11.0. The number of aromatic nitrogens is 4. The first kappa shape index (κ1) is 76.5. The van der Waals surface area contributed by atoms with Gasteiger partial charge in [-0.1, -0.05) is 19.8 Å². The summed E-state index contributed by atoms with van der Waals surface area (Å²) in [5, 5.41) is 17.7. The lowest BCUT2D eigenvalue weighted by Gasteiger charge is -2.35. The summed E-state index contributed by atoms with van der Waals surface area (Å²) >= 11 is 1.90. The van der Waals surface area contributed by atoms with Crippen molar-refractivity contribution in [2.75, 3.05) is 202 Å². The highest BCUT2D eigenvalue weighted by Gasteiger charge is 2.42. The predicted octanol–water partition coefficient (Wildman–Crippen LogP) is 4.64. The first-order chi connectivity index (χ1) is 46.5. The second-order valence-corrected chi connectivity index (χ2v) is 24.7. The zero-order valence-corrected chi connectivity index (χ0v) is 57.1. The van der Waals surface area contributed by atoms with Gasteiger partial charge in [0.2, 0.25) is 11.8 Å². The van der Waals surface area contributed by atoms with Crippen molar-refractivity contribution >= 4 is 52.2 Å². The summed E-state index contributed by atoms with van der Waals surface area (Å²) < 4.78 is 68.7. The van der Waals surface area contributed by atoms with Gasteiger partial charge in [-0.05, 0) is 81.5 Å². The number of ether oxygens (including phenoxy) is 12. The summed E-state index contributed by atoms with van der Waals surface area (Å²) in [6, 6.07) is 10.3. The molecule has 28 heteroatoms. The monoisotopic (exact) mass is 1350 g/mol. The average Bonchev–Trinajstić information content (AvgIpc) is 1.71. The molecule has 3 aliphatic heterocycles. The maximum atomic E-state index is 13.9. The van der Waals surface area contributed by atoms with Crippen LogP contribution in [0.15, 0.2) is 47.5 Å². The number of pyridine rings is 2. The molecule has 5 N–H and O–H groups in total. The van der Waals surface area contributed by atoms with E-state index in [1.54, 1.807) is 6.20 Å². The number of aryl methyl sites for hydroxylation is 2. The lowest BCUT2D eigenvalue weighted by Crippen LogP contribution is -2.49. The lowest BCUT2D eigenvalue weighted by molar-refractivity contribution is -0.132. The van der Waals surface area contributed by atoms with Crippen molar-refractivity contribution < 1.29 is 76.0 Å². The van der Waals surface area contributed by atoms with Crippen LogP contribution in [0.4, 0.5) is 10.6 Å². The minimum absolute atomic E-state index is 0.0346. The van der Waals surface area contributed by atoms with E-state index in [9.17, 15) is 24.0 Å². The molecule has 0 saturated carbocycles. The molecule has 95 heavy (non-hydrogen) atoms. The Kier molecular flexibility index (Phi) is 36.1. The molecule has 0 bridgehead atoms. The van der Waals surface area contributed by atoms with Crippen LogP contribution in [0.1, 0.15) is 92.5 Å². The molecule has 0 radical (unpaired) electrons. The standard InChI is InChI=1S/C67H104N10O17S/c1-5-8-52-43-51(4)72-66(81)56(52)47-70-65(80)55-44-54(45-59-57(55)48-71-77(59)50(2)3)53-11-12-61(69-46-53)75-15-17-76(18-16-75)63(79)13-19-83-21-23-85-25-27-87-29-31-89-33-35-91-37-39-93-41-42-94-40-38-92-36-34-90-32-30-88-28-26-86-24-22-84-20-14-68-62(78)10-7-6-9-60-64-58(49-95-60)73-67(82)74-64/h11-12,43-46,48,50,58,60,64H,5-10,13-42,47,49H2,1-4H3,(H,68,78)(H,70,80)(H,72,81)(H2,73,74,82)/t58?,60-,64?/m0/s1. The second kappa shape index (κ2) is 44.9. The largest absolute Gasteiger partial charge is 0.379 e. The molecule has 530 valence electrons. The number of H-pyrrole nitrogens is 1. The number of carbonyl (C=O) groups is 4. The molecule has 1 aromatic carbocycles. The first-order valence-electron chi connectivity index (χ1n) is 33.9. The van der Waals surface area contributed by atoms with E-state index in [-0.39, 0.29) is 54.0 Å². The number of hydrogen-bond acceptors (Lipinski definition) is 21. The van der Waals surface area contributed by atoms with Crippen LogP contribution in [0, 0.1) is 6.92 Å². The van der Waals surface area contributed by atoms with E-state index in [0.29, 0.717) is 221 Å². The van der Waals surface area contributed by atoms with Crippen LogP contribution in [0.25, 0.3) is 22.0 Å². The molecule has 2 unspecified atom stereocenters. The summed E-state index contributed by atoms with van der Waals surface area (Å²) in [6.45, 7) is 21.8. The van der Waals surface area contributed by atoms with Crippen LogP contribution in [-0.2, 0) is 79.4 Å². The normalized spacial score (nSPS) is 16.3. The van der Waals surface area contributed by atoms with Gasteiger partial charge in [-0.15, -0.1) is 0 Å². The van der Waals surface area contributed by atoms with Crippen LogP contribution in [0.5, 0.6) is 0 Å². The zero-order chi connectivity index (χ0) is 67.1. The van der Waals surface area contributed by atoms with Crippen molar-refractivity contribution in [1.29, 1.82) is 0 Å². The number of aromatic amines is 1. The van der Waals surface area contributed by atoms with E-state index in [0.717, 1.165) is 77.0 Å². The molecular formula is C67H104N10O17S. The van der Waals surface area contributed by atoms with Crippen molar-refractivity contribution in [3.8, 4) is 11.1 Å². The topological polar surface area (TPSA) is 297 Å². The van der Waals surface area contributed by atoms with E-state index >= 15 is 0 Å². The van der Waals surface area contributed by atoms with Gasteiger partial charge in [0, 0.05) is 91.1 Å². The van der Waals surface area contributed by atoms with Crippen molar-refractivity contribution in [2.24, 2.45) is 0 Å². The molecule has 6 heterocycles. The molecule has 3 fully saturated rings. The molecule has 7 rings (SSSR count). The summed E-state index contributed by atoms with van der Waals surface area (Å²) in [6.07, 6.45) is 8.76. The Hall–Kier alpha value is -5.86. The minimum atomic E-state index is -0.289. The molecule has 3 aliphatic rings. The molecule has 3 saturated heterocycles. The molecule has 27 nitrogen and oxygen atoms in total. The Balaban J connectivity index is 0.572. The number of urea groups is 1. The van der Waals surface area contributed by atoms with Gasteiger partial charge < -0.3 is 92.9 Å². The number of piperazine rings is 1. The van der Waals surface area contributed by atoms with Crippen LogP contribution in [0.2, 0.25) is 0 Å². The molecule has 0 spiro atoms. The quantitative estimate of drug-likeness (QED) is 0.0297. The molecular weight excluding hydrogens is 1250 g/mol. The summed E-state index contributed by atoms with van der Waals surface area (Å²) in [5.41, 5.74) is 5.09. The summed E-state index contributed by atoms with van der Waals surface area (Å²) in [4.78, 5) is 75.3. The number of nitrogens with zero attached hydrogens (tertiary/aromatic N) is 5. The number of thioether (sulfide) groups is 1. The third-order valence-electron chi connectivity index (χ3n) is 16.0. The third kappa shape index (κ3) is 27.9. The van der Waals surface area contributed by atoms with E-state index in [1.807, 2.05) is 78.6 Å². The summed E-state index contributed by atoms with van der Waals surface area (Å²) in [7, 11) is 0. The van der Waals surface area contributed by atoms with Gasteiger partial charge in [-0.25, -0.2) is 9.78 Å². The number of unbranched alkanes of at least 4 members (excludes halogenated alkanes) is 1. The number of fused-ring (bicyclic) bond motifs is 2. The SMILES string of the molecule is CCCc1cc(C)[nH]c(=O)c1CNC(=O)c1cc(-c2ccc(N3CCN(C(=O)CCOCCOCCOCCOCCOCCOCCOCCOCCOCCOCCOCCOCCNC(=O)CCCC[C@@H]4SCC5NC(=O)NC54)CC3)nc2)cc2c1cnn2C(C)C. The number of amides is 5. The maximum absolute atomic E-state index is 13.9. The van der Waals surface area contributed by atoms with Gasteiger partial charge in [0.15, 0.2) is 0 Å². The Labute approximate surface area is 563 Å². The number of hydrogen-bond donors (Lipinski definition) is 5. The smallest absolute Gasteiger partial charge is 0.315 e. The Bertz CT molecular complexity index is 2920. The number of benzene rings is 1. The minimum Gasteiger partial charge on any atom is -0.379 e. The van der Waals surface area contributed by atoms with Crippen LogP contribution >= 0.6 is 11.8 Å². The summed E-state index contributed by atoms with van der Waals surface area (Å²) in [5.74, 6) is 1.56. The lowest BCUT2D eigenvalue weighted by atomic mass is 10.00. The first-order valence-corrected chi connectivity index (χ1v) is 34.9. The van der Waals surface area contributed by atoms with Crippen LogP contribution in [-0.4, -0.2) is 263 Å². The highest BCUT2D eigenvalue weighted by Crippen LogP contribution is 2.34. The number of carbonyl (C=O) groups excluding carboxylic acids is 4. The van der Waals surface area contributed by atoms with Crippen molar-refractivity contribution in [3.05, 3.63) is 75.5 Å². The molecule has 0 aliphatic carbocycles. The van der Waals surface area contributed by atoms with Crippen molar-refractivity contribution in [1.82, 2.24) is 45.9 Å². The van der Waals surface area contributed by atoms with E-state index < -0.39 is 0 Å². The average molecular weight is 1350 g/mol. The Morgan fingerprint density at radius 2 is 1.18 bits per heavy atom. The molecule has 3 aromatic heterocycles. The predicted molar refractivity (Wildman–Crippen MR) is 361 cm³/mol. The fourth-order valence-corrected chi connectivity index (χ4v) is 12.6. The molecule has 4 aromatic rings. The maximum Gasteiger partial charge on any atom is 0.315 e. The van der Waals surface area contributed by atoms with Crippen LogP contribution in [0.3, 0.4) is 0 Å². The Morgan fingerprint density at radius 1 is 0.632 bits per heavy atom. The highest BCUT2D eigenvalue weighted by molar-refractivity contribution is 8.00. The van der Waals surface area contributed by atoms with Crippen molar-refractivity contribution in [3.63, 3.8) is 0 Å². The van der Waals surface area contributed by atoms with Crippen molar-refractivity contribution in [2.45, 2.75) is 103 Å². The number of rotatable bonds is 52. The van der Waals surface area contributed by atoms with Gasteiger partial charge in [0.1, 0.15) is 5.82 Å². The number of anilines is 1. The van der Waals surface area contributed by atoms with Gasteiger partial charge in [0.05, 0.1) is 194 Å². The highest BCUT2D eigenvalue weighted by atomic mass is 32.2. The third-order valence-corrected chi connectivity index (χ3v) is 17.5. The van der Waals surface area contributed by atoms with Gasteiger partial charge >= 0.3 is 6.03 Å². The van der Waals surface area contributed by atoms with E-state index in [4.69, 9.17) is 61.8 Å². The fraction of sp³-hybridized carbons (Fsp3) is 0.687. The molecule has 3 atom stereocenters. The van der Waals surface area contributed by atoms with Gasteiger partial charge in [-0.2, -0.15) is 16.9 Å². The van der Waals surface area contributed by atoms with Gasteiger partial charge in [0.25, 0.3) is 11.5 Å². The zero-order valence-electron chi connectivity index (χ0n) is 56.3. The number of nitrogens with one attached hydrogen (secondary N) is 5. The van der Waals surface area contributed by atoms with Gasteiger partial charge in [-0.3, -0.25) is 23.9 Å². The van der Waals surface area contributed by atoms with Crippen LogP contribution < -0.4 is 31.7 Å². The molecule has 5 amide bonds. The second-order valence-electron chi connectivity index (χ2n) is 23.4. The Morgan fingerprint density at radius 3 is 1.71 bits per heavy atom. The van der Waals surface area contributed by atoms with E-state index in [1.165, 1.54) is 0 Å². The van der Waals surface area contributed by atoms with E-state index in [2.05, 4.69) is 43.2 Å².